The van der Waals surface area contributed by atoms with Crippen LogP contribution in [0.25, 0.3) is 0 Å². The third kappa shape index (κ3) is 2.32. The Bertz CT molecular complexity index is 623. The fourth-order valence-electron chi connectivity index (χ4n) is 3.09. The highest BCUT2D eigenvalue weighted by atomic mass is 32.2. The first-order valence-electron chi connectivity index (χ1n) is 6.85. The number of aromatic nitrogens is 3. The lowest BCUT2D eigenvalue weighted by Crippen LogP contribution is -2.30. The molecule has 0 radical (unpaired) electrons. The quantitative estimate of drug-likeness (QED) is 0.854. The Labute approximate surface area is 116 Å². The minimum atomic E-state index is -2.93. The van der Waals surface area contributed by atoms with E-state index in [0.29, 0.717) is 30.9 Å². The van der Waals surface area contributed by atoms with Crippen LogP contribution in [0, 0.1) is 0 Å². The molecular weight excluding hydrogens is 282 g/mol. The number of carboxylic acid groups (broad SMARTS) is 1. The van der Waals surface area contributed by atoms with Gasteiger partial charge in [0.1, 0.15) is 27.5 Å². The molecule has 0 amide bonds. The summed E-state index contributed by atoms with van der Waals surface area (Å²) in [6, 6.07) is -0.609. The van der Waals surface area contributed by atoms with Crippen molar-refractivity contribution in [2.24, 2.45) is 0 Å². The van der Waals surface area contributed by atoms with Gasteiger partial charge in [-0.2, -0.15) is 0 Å². The van der Waals surface area contributed by atoms with Crippen molar-refractivity contribution < 1.29 is 18.3 Å². The zero-order chi connectivity index (χ0) is 14.3. The molecule has 2 aliphatic heterocycles. The van der Waals surface area contributed by atoms with Gasteiger partial charge in [-0.1, -0.05) is 0 Å². The molecule has 1 aromatic rings. The number of aryl methyl sites for hydroxylation is 1. The third-order valence-corrected chi connectivity index (χ3v) is 5.90. The van der Waals surface area contributed by atoms with Gasteiger partial charge in [-0.3, -0.25) is 0 Å². The summed E-state index contributed by atoms with van der Waals surface area (Å²) in [5.74, 6) is 0.805. The SMILES string of the molecule is O=C(O)C1CCCc2nnc(C3CCS(=O)(=O)CC3)n21. The Balaban J connectivity index is 1.92. The normalized spacial score (nSPS) is 26.1. The summed E-state index contributed by atoms with van der Waals surface area (Å²) in [4.78, 5) is 11.4. The molecule has 0 spiro atoms. The molecule has 1 aromatic heterocycles. The summed E-state index contributed by atoms with van der Waals surface area (Å²) in [6.07, 6.45) is 3.13. The number of carbonyl (C=O) groups is 1. The van der Waals surface area contributed by atoms with Crippen LogP contribution in [0.5, 0.6) is 0 Å². The van der Waals surface area contributed by atoms with Gasteiger partial charge in [0.2, 0.25) is 0 Å². The molecule has 8 heteroatoms. The fourth-order valence-corrected chi connectivity index (χ4v) is 4.58. The van der Waals surface area contributed by atoms with Crippen LogP contribution in [-0.4, -0.2) is 45.8 Å². The van der Waals surface area contributed by atoms with Crippen molar-refractivity contribution in [2.75, 3.05) is 11.5 Å². The van der Waals surface area contributed by atoms with Crippen LogP contribution in [0.2, 0.25) is 0 Å². The van der Waals surface area contributed by atoms with Crippen molar-refractivity contribution in [1.29, 1.82) is 0 Å². The molecule has 110 valence electrons. The van der Waals surface area contributed by atoms with Gasteiger partial charge in [0, 0.05) is 12.3 Å². The maximum absolute atomic E-state index is 11.5. The predicted octanol–water partition coefficient (Wildman–Crippen LogP) is 0.532. The third-order valence-electron chi connectivity index (χ3n) is 4.19. The van der Waals surface area contributed by atoms with Crippen molar-refractivity contribution in [1.82, 2.24) is 14.8 Å². The van der Waals surface area contributed by atoms with Crippen LogP contribution >= 0.6 is 0 Å². The molecule has 1 unspecified atom stereocenters. The Morgan fingerprint density at radius 2 is 1.90 bits per heavy atom. The smallest absolute Gasteiger partial charge is 0.326 e. The van der Waals surface area contributed by atoms with Gasteiger partial charge in [-0.15, -0.1) is 10.2 Å². The van der Waals surface area contributed by atoms with Gasteiger partial charge < -0.3 is 9.67 Å². The van der Waals surface area contributed by atoms with Crippen molar-refractivity contribution in [2.45, 2.75) is 44.1 Å². The Morgan fingerprint density at radius 3 is 2.55 bits per heavy atom. The van der Waals surface area contributed by atoms with Gasteiger partial charge in [0.15, 0.2) is 0 Å². The van der Waals surface area contributed by atoms with Crippen LogP contribution in [0.1, 0.15) is 49.3 Å². The highest BCUT2D eigenvalue weighted by Gasteiger charge is 2.34. The molecule has 1 fully saturated rings. The molecule has 1 atom stereocenters. The van der Waals surface area contributed by atoms with Crippen LogP contribution in [0.4, 0.5) is 0 Å². The number of hydrogen-bond donors (Lipinski definition) is 1. The van der Waals surface area contributed by atoms with E-state index in [4.69, 9.17) is 0 Å². The van der Waals surface area contributed by atoms with Crippen LogP contribution < -0.4 is 0 Å². The molecule has 20 heavy (non-hydrogen) atoms. The first-order valence-corrected chi connectivity index (χ1v) is 8.67. The fraction of sp³-hybridized carbons (Fsp3) is 0.750. The van der Waals surface area contributed by atoms with Gasteiger partial charge >= 0.3 is 5.97 Å². The lowest BCUT2D eigenvalue weighted by molar-refractivity contribution is -0.141. The molecule has 0 aliphatic carbocycles. The van der Waals surface area contributed by atoms with Crippen LogP contribution in [-0.2, 0) is 21.1 Å². The van der Waals surface area contributed by atoms with Crippen LogP contribution in [0.15, 0.2) is 0 Å². The zero-order valence-corrected chi connectivity index (χ0v) is 11.8. The van der Waals surface area contributed by atoms with E-state index in [1.807, 2.05) is 0 Å². The van der Waals surface area contributed by atoms with Gasteiger partial charge in [0.25, 0.3) is 0 Å². The second kappa shape index (κ2) is 4.83. The summed E-state index contributed by atoms with van der Waals surface area (Å²) >= 11 is 0. The number of hydrogen-bond acceptors (Lipinski definition) is 5. The molecule has 7 nitrogen and oxygen atoms in total. The van der Waals surface area contributed by atoms with Gasteiger partial charge in [0.05, 0.1) is 11.5 Å². The molecule has 0 saturated carbocycles. The number of sulfone groups is 1. The average Bonchev–Trinajstić information content (AvgIpc) is 2.82. The lowest BCUT2D eigenvalue weighted by atomic mass is 9.99. The topological polar surface area (TPSA) is 102 Å². The van der Waals surface area contributed by atoms with E-state index in [9.17, 15) is 18.3 Å². The van der Waals surface area contributed by atoms with E-state index < -0.39 is 21.8 Å². The highest BCUT2D eigenvalue weighted by Crippen LogP contribution is 2.33. The maximum atomic E-state index is 11.5. The van der Waals surface area contributed by atoms with Crippen molar-refractivity contribution in [3.63, 3.8) is 0 Å². The number of fused-ring (bicyclic) bond motifs is 1. The lowest BCUT2D eigenvalue weighted by Gasteiger charge is -2.27. The molecule has 0 aromatic carbocycles. The second-order valence-corrected chi connectivity index (χ2v) is 7.82. The maximum Gasteiger partial charge on any atom is 0.326 e. The van der Waals surface area contributed by atoms with Crippen molar-refractivity contribution in [3.05, 3.63) is 11.6 Å². The van der Waals surface area contributed by atoms with Gasteiger partial charge in [-0.25, -0.2) is 13.2 Å². The molecule has 0 bridgehead atoms. The largest absolute Gasteiger partial charge is 0.480 e. The molecular formula is C12H17N3O4S. The summed E-state index contributed by atoms with van der Waals surface area (Å²) in [7, 11) is -2.93. The van der Waals surface area contributed by atoms with E-state index >= 15 is 0 Å². The Morgan fingerprint density at radius 1 is 1.20 bits per heavy atom. The minimum absolute atomic E-state index is 0.000255. The summed E-state index contributed by atoms with van der Waals surface area (Å²) in [6.45, 7) is 0. The minimum Gasteiger partial charge on any atom is -0.480 e. The first-order chi connectivity index (χ1) is 9.48. The van der Waals surface area contributed by atoms with E-state index in [2.05, 4.69) is 10.2 Å². The number of rotatable bonds is 2. The molecule has 3 rings (SSSR count). The van der Waals surface area contributed by atoms with E-state index in [1.165, 1.54) is 0 Å². The number of aliphatic carboxylic acids is 1. The van der Waals surface area contributed by atoms with E-state index in [0.717, 1.165) is 12.8 Å². The predicted molar refractivity (Wildman–Crippen MR) is 70.3 cm³/mol. The monoisotopic (exact) mass is 299 g/mol. The standard InChI is InChI=1S/C12H17N3O4S/c16-12(17)9-2-1-3-10-13-14-11(15(9)10)8-4-6-20(18,19)7-5-8/h8-9H,1-7H2,(H,16,17). The van der Waals surface area contributed by atoms with E-state index in [-0.39, 0.29) is 17.4 Å². The van der Waals surface area contributed by atoms with Crippen LogP contribution in [0.3, 0.4) is 0 Å². The first kappa shape index (κ1) is 13.5. The highest BCUT2D eigenvalue weighted by molar-refractivity contribution is 7.91. The van der Waals surface area contributed by atoms with Crippen molar-refractivity contribution >= 4 is 15.8 Å². The summed E-state index contributed by atoms with van der Waals surface area (Å²) in [5.41, 5.74) is 0. The average molecular weight is 299 g/mol. The number of nitrogens with zero attached hydrogens (tertiary/aromatic N) is 3. The van der Waals surface area contributed by atoms with Gasteiger partial charge in [-0.05, 0) is 25.7 Å². The number of carboxylic acids is 1. The second-order valence-electron chi connectivity index (χ2n) is 5.52. The molecule has 1 N–H and O–H groups in total. The molecule has 3 heterocycles. The zero-order valence-electron chi connectivity index (χ0n) is 11.0. The Kier molecular flexibility index (Phi) is 3.27. The summed E-state index contributed by atoms with van der Waals surface area (Å²) in [5, 5.41) is 17.6. The summed E-state index contributed by atoms with van der Waals surface area (Å²) < 4.78 is 24.7. The Hall–Kier alpha value is -1.44. The van der Waals surface area contributed by atoms with E-state index in [1.54, 1.807) is 4.57 Å². The molecule has 2 aliphatic rings. The molecule has 1 saturated heterocycles. The van der Waals surface area contributed by atoms with Crippen molar-refractivity contribution in [3.8, 4) is 0 Å².